The minimum absolute atomic E-state index is 0.00932. The molecule has 0 bridgehead atoms. The fourth-order valence-electron chi connectivity index (χ4n) is 2.23. The molecular formula is C19H11ClF4N2O2. The zero-order chi connectivity index (χ0) is 20.3. The molecule has 3 aromatic rings. The van der Waals surface area contributed by atoms with Crippen LogP contribution in [-0.4, -0.2) is 10.9 Å². The number of alkyl halides is 3. The van der Waals surface area contributed by atoms with Gasteiger partial charge in [-0.1, -0.05) is 23.7 Å². The van der Waals surface area contributed by atoms with Crippen molar-refractivity contribution in [2.24, 2.45) is 0 Å². The number of aromatic nitrogens is 1. The van der Waals surface area contributed by atoms with E-state index in [0.717, 1.165) is 24.3 Å². The first-order valence-electron chi connectivity index (χ1n) is 7.80. The smallest absolute Gasteiger partial charge is 0.416 e. The largest absolute Gasteiger partial charge is 0.454 e. The van der Waals surface area contributed by atoms with Crippen LogP contribution in [0.25, 0.3) is 0 Å². The lowest BCUT2D eigenvalue weighted by Crippen LogP contribution is -2.14. The number of anilines is 1. The van der Waals surface area contributed by atoms with E-state index < -0.39 is 23.5 Å². The molecule has 0 saturated heterocycles. The van der Waals surface area contributed by atoms with Gasteiger partial charge < -0.3 is 10.1 Å². The lowest BCUT2D eigenvalue weighted by Gasteiger charge is -2.12. The Morgan fingerprint density at radius 3 is 2.46 bits per heavy atom. The molecule has 0 saturated carbocycles. The van der Waals surface area contributed by atoms with Crippen LogP contribution >= 0.6 is 11.6 Å². The maximum absolute atomic E-state index is 13.6. The van der Waals surface area contributed by atoms with Gasteiger partial charge in [0.15, 0.2) is 0 Å². The Kier molecular flexibility index (Phi) is 5.51. The molecule has 144 valence electrons. The first kappa shape index (κ1) is 19.6. The molecule has 0 atom stereocenters. The van der Waals surface area contributed by atoms with Crippen LogP contribution in [0.4, 0.5) is 23.4 Å². The lowest BCUT2D eigenvalue weighted by molar-refractivity contribution is -0.137. The van der Waals surface area contributed by atoms with Crippen molar-refractivity contribution in [2.45, 2.75) is 6.18 Å². The molecule has 0 unspecified atom stereocenters. The number of pyridine rings is 1. The van der Waals surface area contributed by atoms with E-state index in [0.29, 0.717) is 0 Å². The highest BCUT2D eigenvalue weighted by molar-refractivity contribution is 6.32. The summed E-state index contributed by atoms with van der Waals surface area (Å²) >= 11 is 5.87. The average molecular weight is 411 g/mol. The highest BCUT2D eigenvalue weighted by Gasteiger charge is 2.31. The second-order valence-electron chi connectivity index (χ2n) is 5.56. The zero-order valence-electron chi connectivity index (χ0n) is 13.9. The van der Waals surface area contributed by atoms with Crippen molar-refractivity contribution in [3.05, 3.63) is 82.8 Å². The molecular weight excluding hydrogens is 400 g/mol. The highest BCUT2D eigenvalue weighted by atomic mass is 35.5. The number of halogens is 5. The first-order chi connectivity index (χ1) is 13.2. The van der Waals surface area contributed by atoms with Crippen LogP contribution in [0.5, 0.6) is 11.5 Å². The summed E-state index contributed by atoms with van der Waals surface area (Å²) in [5.74, 6) is -1.36. The molecule has 28 heavy (non-hydrogen) atoms. The summed E-state index contributed by atoms with van der Waals surface area (Å²) in [6, 6.07) is 10.9. The quantitative estimate of drug-likeness (QED) is 0.542. The molecule has 0 radical (unpaired) electrons. The van der Waals surface area contributed by atoms with E-state index in [2.05, 4.69) is 10.3 Å². The van der Waals surface area contributed by atoms with Crippen molar-refractivity contribution >= 4 is 23.3 Å². The Labute approximate surface area is 161 Å². The van der Waals surface area contributed by atoms with Gasteiger partial charge in [-0.15, -0.1) is 0 Å². The van der Waals surface area contributed by atoms with E-state index in [-0.39, 0.29) is 27.9 Å². The van der Waals surface area contributed by atoms with E-state index in [1.54, 1.807) is 0 Å². The number of benzene rings is 2. The van der Waals surface area contributed by atoms with E-state index >= 15 is 0 Å². The van der Waals surface area contributed by atoms with Crippen LogP contribution in [0.15, 0.2) is 60.8 Å². The number of hydrogen-bond acceptors (Lipinski definition) is 3. The van der Waals surface area contributed by atoms with Gasteiger partial charge in [0.25, 0.3) is 5.91 Å². The fourth-order valence-corrected chi connectivity index (χ4v) is 2.38. The third-order valence-electron chi connectivity index (χ3n) is 3.58. The molecule has 0 aliphatic heterocycles. The lowest BCUT2D eigenvalue weighted by atomic mass is 10.2. The fraction of sp³-hybridized carbons (Fsp3) is 0.0526. The van der Waals surface area contributed by atoms with Crippen molar-refractivity contribution in [3.8, 4) is 11.5 Å². The Bertz CT molecular complexity index is 1010. The summed E-state index contributed by atoms with van der Waals surface area (Å²) in [4.78, 5) is 16.0. The summed E-state index contributed by atoms with van der Waals surface area (Å²) in [6.45, 7) is 0. The maximum atomic E-state index is 13.6. The summed E-state index contributed by atoms with van der Waals surface area (Å²) < 4.78 is 57.4. The number of rotatable bonds is 4. The van der Waals surface area contributed by atoms with Crippen molar-refractivity contribution < 1.29 is 27.1 Å². The minimum atomic E-state index is -4.54. The molecule has 9 heteroatoms. The Morgan fingerprint density at radius 1 is 1.07 bits per heavy atom. The van der Waals surface area contributed by atoms with E-state index in [9.17, 15) is 22.4 Å². The Morgan fingerprint density at radius 2 is 1.82 bits per heavy atom. The van der Waals surface area contributed by atoms with Crippen LogP contribution in [0.1, 0.15) is 15.9 Å². The number of nitrogens with zero attached hydrogens (tertiary/aromatic N) is 1. The summed E-state index contributed by atoms with van der Waals surface area (Å²) in [5, 5.41) is 2.40. The van der Waals surface area contributed by atoms with Gasteiger partial charge in [0.05, 0.1) is 22.3 Å². The van der Waals surface area contributed by atoms with Crippen molar-refractivity contribution in [1.82, 2.24) is 4.98 Å². The molecule has 0 aliphatic carbocycles. The molecule has 4 nitrogen and oxygen atoms in total. The molecule has 0 aliphatic rings. The van der Waals surface area contributed by atoms with Gasteiger partial charge in [-0.2, -0.15) is 13.2 Å². The summed E-state index contributed by atoms with van der Waals surface area (Å²) in [6.07, 6.45) is -3.35. The van der Waals surface area contributed by atoms with Gasteiger partial charge >= 0.3 is 6.18 Å². The monoisotopic (exact) mass is 410 g/mol. The van der Waals surface area contributed by atoms with E-state index in [1.807, 2.05) is 0 Å². The number of carbonyl (C=O) groups is 1. The van der Waals surface area contributed by atoms with Crippen molar-refractivity contribution in [3.63, 3.8) is 0 Å². The summed E-state index contributed by atoms with van der Waals surface area (Å²) in [7, 11) is 0. The zero-order valence-corrected chi connectivity index (χ0v) is 14.7. The molecule has 1 amide bonds. The third kappa shape index (κ3) is 4.58. The Balaban J connectivity index is 1.73. The van der Waals surface area contributed by atoms with Gasteiger partial charge in [-0.25, -0.2) is 9.37 Å². The topological polar surface area (TPSA) is 51.2 Å². The SMILES string of the molecule is O=C(Nc1ccc(Oc2cc(C(F)(F)F)ccc2Cl)cn1)c1ccccc1F. The number of carbonyl (C=O) groups excluding carboxylic acids is 1. The van der Waals surface area contributed by atoms with Crippen LogP contribution in [0.3, 0.4) is 0 Å². The van der Waals surface area contributed by atoms with Crippen LogP contribution in [0.2, 0.25) is 5.02 Å². The third-order valence-corrected chi connectivity index (χ3v) is 3.90. The highest BCUT2D eigenvalue weighted by Crippen LogP contribution is 2.36. The molecule has 2 aromatic carbocycles. The number of amides is 1. The van der Waals surface area contributed by atoms with Crippen LogP contribution in [0, 0.1) is 5.82 Å². The molecule has 3 rings (SSSR count). The van der Waals surface area contributed by atoms with Gasteiger partial charge in [0.2, 0.25) is 0 Å². The number of nitrogens with one attached hydrogen (secondary N) is 1. The first-order valence-corrected chi connectivity index (χ1v) is 8.18. The maximum Gasteiger partial charge on any atom is 0.416 e. The molecule has 0 fully saturated rings. The van der Waals surface area contributed by atoms with E-state index in [4.69, 9.17) is 16.3 Å². The average Bonchev–Trinajstić information content (AvgIpc) is 2.64. The van der Waals surface area contributed by atoms with Crippen LogP contribution < -0.4 is 10.1 Å². The second kappa shape index (κ2) is 7.85. The summed E-state index contributed by atoms with van der Waals surface area (Å²) in [5.41, 5.74) is -1.06. The molecule has 0 spiro atoms. The predicted octanol–water partition coefficient (Wildman–Crippen LogP) is 5.94. The minimum Gasteiger partial charge on any atom is -0.454 e. The second-order valence-corrected chi connectivity index (χ2v) is 5.97. The standard InChI is InChI=1S/C19H11ClF4N2O2/c20-14-7-5-11(19(22,23)24)9-16(14)28-12-6-8-17(25-10-12)26-18(27)13-3-1-2-4-15(13)21/h1-10H,(H,25,26,27). The molecule has 1 heterocycles. The van der Waals surface area contributed by atoms with Gasteiger partial charge in [0.1, 0.15) is 23.1 Å². The Hall–Kier alpha value is -3.13. The van der Waals surface area contributed by atoms with Crippen molar-refractivity contribution in [1.29, 1.82) is 0 Å². The number of ether oxygens (including phenoxy) is 1. The molecule has 1 N–H and O–H groups in total. The van der Waals surface area contributed by atoms with E-state index in [1.165, 1.54) is 36.5 Å². The van der Waals surface area contributed by atoms with Gasteiger partial charge in [-0.3, -0.25) is 4.79 Å². The van der Waals surface area contributed by atoms with Crippen LogP contribution in [-0.2, 0) is 6.18 Å². The van der Waals surface area contributed by atoms with Gasteiger partial charge in [-0.05, 0) is 42.5 Å². The van der Waals surface area contributed by atoms with Gasteiger partial charge in [0, 0.05) is 0 Å². The number of hydrogen-bond donors (Lipinski definition) is 1. The van der Waals surface area contributed by atoms with Crippen molar-refractivity contribution in [2.75, 3.05) is 5.32 Å². The molecule has 1 aromatic heterocycles. The predicted molar refractivity (Wildman–Crippen MR) is 95.1 cm³/mol. The normalized spacial score (nSPS) is 11.2.